The van der Waals surface area contributed by atoms with Gasteiger partial charge in [0.2, 0.25) is 0 Å². The molecule has 0 unspecified atom stereocenters. The van der Waals surface area contributed by atoms with Crippen LogP contribution < -0.4 is 0 Å². The molecule has 0 amide bonds. The number of phenols is 1. The monoisotopic (exact) mass is 309 g/mol. The smallest absolute Gasteiger partial charge is 0.341 e. The summed E-state index contributed by atoms with van der Waals surface area (Å²) in [5.41, 5.74) is 2.12. The van der Waals surface area contributed by atoms with E-state index in [4.69, 9.17) is 4.42 Å². The number of aryl methyl sites for hydroxylation is 1. The molecule has 4 aromatic rings. The van der Waals surface area contributed by atoms with E-state index in [-0.39, 0.29) is 11.8 Å². The molecule has 0 fully saturated rings. The highest BCUT2D eigenvalue weighted by molar-refractivity contribution is 7.19. The number of hydrogen-bond acceptors (Lipinski definition) is 6. The standard InChI is InChI=1S/C16H11N3O2S/c1-9-8-10-13(20)7-6-12(15(10)22-9)18-19-16-17-11-4-2-3-5-14(11)21-16/h2-8,20H,1H3. The topological polar surface area (TPSA) is 71.0 Å². The maximum Gasteiger partial charge on any atom is 0.341 e. The summed E-state index contributed by atoms with van der Waals surface area (Å²) in [6, 6.07) is 13.0. The number of fused-ring (bicyclic) bond motifs is 2. The van der Waals surface area contributed by atoms with E-state index < -0.39 is 0 Å². The van der Waals surface area contributed by atoms with Gasteiger partial charge in [0.05, 0.1) is 4.70 Å². The van der Waals surface area contributed by atoms with Gasteiger partial charge in [-0.05, 0) is 37.3 Å². The lowest BCUT2D eigenvalue weighted by Gasteiger charge is -1.97. The highest BCUT2D eigenvalue weighted by Gasteiger charge is 2.09. The average molecular weight is 309 g/mol. The van der Waals surface area contributed by atoms with Gasteiger partial charge in [0.25, 0.3) is 0 Å². The summed E-state index contributed by atoms with van der Waals surface area (Å²) >= 11 is 1.57. The van der Waals surface area contributed by atoms with Crippen molar-refractivity contribution in [1.82, 2.24) is 4.98 Å². The van der Waals surface area contributed by atoms with Gasteiger partial charge < -0.3 is 9.52 Å². The molecule has 108 valence electrons. The zero-order valence-corrected chi connectivity index (χ0v) is 12.5. The van der Waals surface area contributed by atoms with Crippen LogP contribution in [-0.2, 0) is 0 Å². The maximum absolute atomic E-state index is 9.89. The highest BCUT2D eigenvalue weighted by atomic mass is 32.1. The van der Waals surface area contributed by atoms with Gasteiger partial charge in [0.1, 0.15) is 17.0 Å². The van der Waals surface area contributed by atoms with Gasteiger partial charge in [-0.25, -0.2) is 0 Å². The minimum atomic E-state index is 0.218. The Hall–Kier alpha value is -2.73. The van der Waals surface area contributed by atoms with Crippen LogP contribution in [0, 0.1) is 6.92 Å². The molecule has 0 aliphatic heterocycles. The van der Waals surface area contributed by atoms with Crippen LogP contribution in [0.2, 0.25) is 0 Å². The predicted octanol–water partition coefficient (Wildman–Crippen LogP) is 5.47. The van der Waals surface area contributed by atoms with Crippen LogP contribution in [0.1, 0.15) is 4.88 Å². The Kier molecular flexibility index (Phi) is 2.90. The first-order valence-corrected chi connectivity index (χ1v) is 7.52. The van der Waals surface area contributed by atoms with E-state index in [1.165, 1.54) is 0 Å². The van der Waals surface area contributed by atoms with Crippen molar-refractivity contribution in [2.24, 2.45) is 10.2 Å². The molecule has 0 aliphatic rings. The van der Waals surface area contributed by atoms with Crippen LogP contribution >= 0.6 is 11.3 Å². The number of benzene rings is 2. The second kappa shape index (κ2) is 4.92. The van der Waals surface area contributed by atoms with Crippen molar-refractivity contribution in [3.05, 3.63) is 47.3 Å². The number of thiophene rings is 1. The molecule has 0 bridgehead atoms. The summed E-state index contributed by atoms with van der Waals surface area (Å²) in [7, 11) is 0. The first-order chi connectivity index (χ1) is 10.7. The molecule has 2 aromatic heterocycles. The molecule has 0 saturated heterocycles. The highest BCUT2D eigenvalue weighted by Crippen LogP contribution is 2.39. The van der Waals surface area contributed by atoms with E-state index in [1.54, 1.807) is 23.5 Å². The minimum Gasteiger partial charge on any atom is -0.507 e. The van der Waals surface area contributed by atoms with Gasteiger partial charge in [-0.3, -0.25) is 0 Å². The van der Waals surface area contributed by atoms with Crippen molar-refractivity contribution in [3.63, 3.8) is 0 Å². The van der Waals surface area contributed by atoms with Gasteiger partial charge >= 0.3 is 6.01 Å². The van der Waals surface area contributed by atoms with Gasteiger partial charge in [0.15, 0.2) is 5.58 Å². The van der Waals surface area contributed by atoms with E-state index in [2.05, 4.69) is 15.2 Å². The Bertz CT molecular complexity index is 984. The van der Waals surface area contributed by atoms with E-state index in [1.807, 2.05) is 37.3 Å². The number of rotatable bonds is 2. The molecule has 0 radical (unpaired) electrons. The number of aromatic hydroxyl groups is 1. The third-order valence-corrected chi connectivity index (χ3v) is 4.36. The largest absolute Gasteiger partial charge is 0.507 e. The van der Waals surface area contributed by atoms with Crippen molar-refractivity contribution in [2.45, 2.75) is 6.92 Å². The molecule has 22 heavy (non-hydrogen) atoms. The molecule has 2 heterocycles. The Labute approximate surface area is 129 Å². The minimum absolute atomic E-state index is 0.218. The normalized spacial score (nSPS) is 11.9. The summed E-state index contributed by atoms with van der Waals surface area (Å²) in [6.45, 7) is 1.99. The second-order valence-corrected chi connectivity index (χ2v) is 6.12. The molecule has 6 heteroatoms. The fourth-order valence-corrected chi connectivity index (χ4v) is 3.28. The van der Waals surface area contributed by atoms with E-state index in [0.717, 1.165) is 20.5 Å². The van der Waals surface area contributed by atoms with E-state index >= 15 is 0 Å². The first kappa shape index (κ1) is 13.0. The van der Waals surface area contributed by atoms with Crippen LogP contribution in [0.5, 0.6) is 5.75 Å². The third kappa shape index (κ3) is 2.14. The summed E-state index contributed by atoms with van der Waals surface area (Å²) in [5.74, 6) is 0.250. The van der Waals surface area contributed by atoms with Crippen molar-refractivity contribution in [2.75, 3.05) is 0 Å². The number of oxazole rings is 1. The second-order valence-electron chi connectivity index (χ2n) is 4.87. The zero-order valence-electron chi connectivity index (χ0n) is 11.6. The van der Waals surface area contributed by atoms with Crippen LogP contribution in [0.15, 0.2) is 57.1 Å². The van der Waals surface area contributed by atoms with Crippen LogP contribution in [0.25, 0.3) is 21.2 Å². The summed E-state index contributed by atoms with van der Waals surface area (Å²) in [5, 5.41) is 19.0. The van der Waals surface area contributed by atoms with Crippen molar-refractivity contribution >= 4 is 44.2 Å². The molecular weight excluding hydrogens is 298 g/mol. The number of para-hydroxylation sites is 2. The predicted molar refractivity (Wildman–Crippen MR) is 86.4 cm³/mol. The van der Waals surface area contributed by atoms with Gasteiger partial charge in [-0.1, -0.05) is 17.2 Å². The SMILES string of the molecule is Cc1cc2c(O)ccc(N=Nc3nc4ccccc4o3)c2s1. The van der Waals surface area contributed by atoms with Crippen molar-refractivity contribution in [3.8, 4) is 5.75 Å². The molecule has 0 aliphatic carbocycles. The van der Waals surface area contributed by atoms with Gasteiger partial charge in [-0.15, -0.1) is 16.5 Å². The molecule has 4 rings (SSSR count). The lowest BCUT2D eigenvalue weighted by atomic mass is 10.2. The number of hydrogen-bond donors (Lipinski definition) is 1. The van der Waals surface area contributed by atoms with Crippen LogP contribution in [0.4, 0.5) is 11.7 Å². The van der Waals surface area contributed by atoms with Gasteiger partial charge in [-0.2, -0.15) is 4.98 Å². The fourth-order valence-electron chi connectivity index (χ4n) is 2.30. The van der Waals surface area contributed by atoms with Crippen molar-refractivity contribution in [1.29, 1.82) is 0 Å². The van der Waals surface area contributed by atoms with E-state index in [9.17, 15) is 5.11 Å². The number of aromatic nitrogens is 1. The van der Waals surface area contributed by atoms with Crippen LogP contribution in [0.3, 0.4) is 0 Å². The summed E-state index contributed by atoms with van der Waals surface area (Å²) < 4.78 is 6.41. The van der Waals surface area contributed by atoms with Crippen molar-refractivity contribution < 1.29 is 9.52 Å². The number of azo groups is 1. The molecular formula is C16H11N3O2S. The number of nitrogens with zero attached hydrogens (tertiary/aromatic N) is 3. The number of phenolic OH excluding ortho intramolecular Hbond substituents is 1. The molecule has 1 N–H and O–H groups in total. The molecule has 0 spiro atoms. The lowest BCUT2D eigenvalue weighted by Crippen LogP contribution is -1.68. The Balaban J connectivity index is 1.78. The molecule has 2 aromatic carbocycles. The third-order valence-electron chi connectivity index (χ3n) is 3.29. The van der Waals surface area contributed by atoms with E-state index in [0.29, 0.717) is 11.3 Å². The fraction of sp³-hybridized carbons (Fsp3) is 0.0625. The van der Waals surface area contributed by atoms with Crippen LogP contribution in [-0.4, -0.2) is 10.1 Å². The Morgan fingerprint density at radius 2 is 2.00 bits per heavy atom. The summed E-state index contributed by atoms with van der Waals surface area (Å²) in [6.07, 6.45) is 0. The average Bonchev–Trinajstić information content (AvgIpc) is 3.09. The first-order valence-electron chi connectivity index (χ1n) is 6.70. The molecule has 5 nitrogen and oxygen atoms in total. The summed E-state index contributed by atoms with van der Waals surface area (Å²) in [4.78, 5) is 5.36. The molecule has 0 atom stereocenters. The Morgan fingerprint density at radius 3 is 2.86 bits per heavy atom. The molecule has 0 saturated carbocycles. The lowest BCUT2D eigenvalue weighted by molar-refractivity contribution is 0.482. The Morgan fingerprint density at radius 1 is 1.14 bits per heavy atom. The quantitative estimate of drug-likeness (QED) is 0.499. The van der Waals surface area contributed by atoms with Gasteiger partial charge in [0, 0.05) is 10.3 Å². The maximum atomic E-state index is 9.89. The zero-order chi connectivity index (χ0) is 15.1.